The Labute approximate surface area is 108 Å². The molecule has 0 aliphatic rings. The summed E-state index contributed by atoms with van der Waals surface area (Å²) in [4.78, 5) is 14.5. The maximum atomic E-state index is 12.7. The first-order valence-corrected chi connectivity index (χ1v) is 5.45. The van der Waals surface area contributed by atoms with E-state index < -0.39 is 11.9 Å². The minimum absolute atomic E-state index is 0.214. The van der Waals surface area contributed by atoms with Gasteiger partial charge in [0.05, 0.1) is 12.8 Å². The van der Waals surface area contributed by atoms with Crippen LogP contribution in [0.25, 0.3) is 11.3 Å². The van der Waals surface area contributed by atoms with Crippen LogP contribution in [0.4, 0.5) is 4.39 Å². The lowest BCUT2D eigenvalue weighted by molar-refractivity contribution is -0.143. The Balaban J connectivity index is 2.16. The number of methoxy groups -OCH3 is 1. The molecule has 100 valence electrons. The van der Waals surface area contributed by atoms with E-state index >= 15 is 0 Å². The molecule has 0 unspecified atom stereocenters. The Bertz CT molecular complexity index is 580. The maximum Gasteiger partial charge on any atom is 0.343 e. The zero-order valence-corrected chi connectivity index (χ0v) is 10.5. The molecule has 0 atom stereocenters. The highest BCUT2D eigenvalue weighted by molar-refractivity contribution is 5.70. The molecule has 0 saturated heterocycles. The number of hydrogen-bond donors (Lipinski definition) is 0. The molecule has 0 amide bonds. The topological polar surface area (TPSA) is 66.2 Å². The molecule has 0 N–H and O–H groups in total. The third-order valence-corrected chi connectivity index (χ3v) is 2.45. The fraction of sp³-hybridized carbons (Fsp3) is 0.250. The smallest absolute Gasteiger partial charge is 0.343 e. The van der Waals surface area contributed by atoms with E-state index in [-0.39, 0.29) is 12.5 Å². The van der Waals surface area contributed by atoms with Crippen molar-refractivity contribution in [3.63, 3.8) is 0 Å². The van der Waals surface area contributed by atoms with Crippen molar-refractivity contribution in [2.75, 3.05) is 13.7 Å². The molecule has 0 radical (unpaired) electrons. The number of aromatic nitrogens is 3. The number of ether oxygens (including phenoxy) is 2. The summed E-state index contributed by atoms with van der Waals surface area (Å²) < 4.78 is 23.9. The summed E-state index contributed by atoms with van der Waals surface area (Å²) >= 11 is 0. The van der Waals surface area contributed by atoms with E-state index in [2.05, 4.69) is 14.8 Å². The van der Waals surface area contributed by atoms with Crippen molar-refractivity contribution in [1.82, 2.24) is 14.8 Å². The van der Waals surface area contributed by atoms with Gasteiger partial charge in [0.15, 0.2) is 6.61 Å². The summed E-state index contributed by atoms with van der Waals surface area (Å²) in [5, 5.41) is 4.08. The van der Waals surface area contributed by atoms with Gasteiger partial charge in [-0.3, -0.25) is 4.68 Å². The average Bonchev–Trinajstić information content (AvgIpc) is 2.78. The number of hydrogen-bond acceptors (Lipinski definition) is 5. The predicted molar refractivity (Wildman–Crippen MR) is 63.9 cm³/mol. The van der Waals surface area contributed by atoms with Gasteiger partial charge < -0.3 is 9.47 Å². The third-order valence-electron chi connectivity index (χ3n) is 2.45. The van der Waals surface area contributed by atoms with Crippen LogP contribution in [0.3, 0.4) is 0 Å². The van der Waals surface area contributed by atoms with E-state index in [1.165, 1.54) is 19.4 Å². The SMILES string of the molecule is COC(=O)COc1cc(-c2ccc(F)nc2)n(C)n1. The van der Waals surface area contributed by atoms with Crippen LogP contribution in [0.1, 0.15) is 0 Å². The van der Waals surface area contributed by atoms with Crippen LogP contribution in [-0.2, 0) is 16.6 Å². The first-order valence-electron chi connectivity index (χ1n) is 5.45. The van der Waals surface area contributed by atoms with Crippen molar-refractivity contribution in [1.29, 1.82) is 0 Å². The van der Waals surface area contributed by atoms with Crippen LogP contribution in [0.2, 0.25) is 0 Å². The average molecular weight is 265 g/mol. The molecule has 19 heavy (non-hydrogen) atoms. The van der Waals surface area contributed by atoms with E-state index in [0.717, 1.165) is 0 Å². The van der Waals surface area contributed by atoms with E-state index in [9.17, 15) is 9.18 Å². The molecular weight excluding hydrogens is 253 g/mol. The van der Waals surface area contributed by atoms with Gasteiger partial charge in [-0.1, -0.05) is 0 Å². The molecule has 0 aromatic carbocycles. The molecule has 2 aromatic heterocycles. The van der Waals surface area contributed by atoms with E-state index in [1.54, 1.807) is 23.9 Å². The van der Waals surface area contributed by atoms with Crippen LogP contribution in [-0.4, -0.2) is 34.5 Å². The summed E-state index contributed by atoms with van der Waals surface area (Å²) in [5.74, 6) is -0.754. The number of aryl methyl sites for hydroxylation is 1. The minimum Gasteiger partial charge on any atom is -0.466 e. The first-order chi connectivity index (χ1) is 9.10. The molecule has 7 heteroatoms. The largest absolute Gasteiger partial charge is 0.466 e. The molecule has 2 rings (SSSR count). The number of halogens is 1. The van der Waals surface area contributed by atoms with Crippen molar-refractivity contribution in [3.05, 3.63) is 30.3 Å². The van der Waals surface area contributed by atoms with Crippen molar-refractivity contribution in [2.45, 2.75) is 0 Å². The number of pyridine rings is 1. The summed E-state index contributed by atoms with van der Waals surface area (Å²) in [6.07, 6.45) is 1.40. The third kappa shape index (κ3) is 3.06. The summed E-state index contributed by atoms with van der Waals surface area (Å²) in [7, 11) is 2.99. The standard InChI is InChI=1S/C12H12FN3O3/c1-16-9(8-3-4-10(13)14-6-8)5-11(15-16)19-7-12(17)18-2/h3-6H,7H2,1-2H3. The van der Waals surface area contributed by atoms with Gasteiger partial charge in [0.1, 0.15) is 0 Å². The van der Waals surface area contributed by atoms with Gasteiger partial charge in [-0.05, 0) is 12.1 Å². The fourth-order valence-electron chi connectivity index (χ4n) is 1.50. The molecule has 2 aromatic rings. The summed E-state index contributed by atoms with van der Waals surface area (Å²) in [6.45, 7) is -0.214. The lowest BCUT2D eigenvalue weighted by Crippen LogP contribution is -2.12. The monoisotopic (exact) mass is 265 g/mol. The fourth-order valence-corrected chi connectivity index (χ4v) is 1.50. The molecule has 0 fully saturated rings. The lowest BCUT2D eigenvalue weighted by atomic mass is 10.2. The summed E-state index contributed by atoms with van der Waals surface area (Å²) in [5.41, 5.74) is 1.40. The molecule has 0 saturated carbocycles. The van der Waals surface area contributed by atoms with Crippen molar-refractivity contribution in [2.24, 2.45) is 7.05 Å². The number of rotatable bonds is 4. The van der Waals surface area contributed by atoms with Crippen LogP contribution in [0.5, 0.6) is 5.88 Å². The number of carbonyl (C=O) groups is 1. The van der Waals surface area contributed by atoms with Crippen LogP contribution in [0, 0.1) is 5.95 Å². The van der Waals surface area contributed by atoms with E-state index in [0.29, 0.717) is 11.3 Å². The number of nitrogens with zero attached hydrogens (tertiary/aromatic N) is 3. The maximum absolute atomic E-state index is 12.7. The quantitative estimate of drug-likeness (QED) is 0.613. The second-order valence-corrected chi connectivity index (χ2v) is 3.73. The zero-order chi connectivity index (χ0) is 13.8. The second-order valence-electron chi connectivity index (χ2n) is 3.73. The van der Waals surface area contributed by atoms with Gasteiger partial charge in [0.25, 0.3) is 0 Å². The molecular formula is C12H12FN3O3. The van der Waals surface area contributed by atoms with Crippen molar-refractivity contribution < 1.29 is 18.7 Å². The second kappa shape index (κ2) is 5.47. The normalized spacial score (nSPS) is 10.3. The highest BCUT2D eigenvalue weighted by Crippen LogP contribution is 2.22. The van der Waals surface area contributed by atoms with Crippen molar-refractivity contribution in [3.8, 4) is 17.1 Å². The highest BCUT2D eigenvalue weighted by Gasteiger charge is 2.10. The van der Waals surface area contributed by atoms with Crippen LogP contribution in [0.15, 0.2) is 24.4 Å². The van der Waals surface area contributed by atoms with Gasteiger partial charge >= 0.3 is 5.97 Å². The van der Waals surface area contributed by atoms with Gasteiger partial charge in [-0.2, -0.15) is 4.39 Å². The van der Waals surface area contributed by atoms with Gasteiger partial charge in [-0.25, -0.2) is 9.78 Å². The molecule has 0 spiro atoms. The van der Waals surface area contributed by atoms with Crippen molar-refractivity contribution >= 4 is 5.97 Å². The Morgan fingerprint density at radius 1 is 1.47 bits per heavy atom. The number of carbonyl (C=O) groups excluding carboxylic acids is 1. The Morgan fingerprint density at radius 2 is 2.26 bits per heavy atom. The van der Waals surface area contributed by atoms with Crippen LogP contribution >= 0.6 is 0 Å². The van der Waals surface area contributed by atoms with Gasteiger partial charge in [-0.15, -0.1) is 5.10 Å². The van der Waals surface area contributed by atoms with Crippen LogP contribution < -0.4 is 4.74 Å². The molecule has 0 bridgehead atoms. The molecule has 0 aliphatic heterocycles. The Hall–Kier alpha value is -2.44. The Kier molecular flexibility index (Phi) is 3.74. The first kappa shape index (κ1) is 13.0. The lowest BCUT2D eigenvalue weighted by Gasteiger charge is -1.99. The molecule has 2 heterocycles. The van der Waals surface area contributed by atoms with Gasteiger partial charge in [0, 0.05) is 24.9 Å². The molecule has 6 nitrogen and oxygen atoms in total. The zero-order valence-electron chi connectivity index (χ0n) is 10.5. The molecule has 0 aliphatic carbocycles. The van der Waals surface area contributed by atoms with Gasteiger partial charge in [0.2, 0.25) is 11.8 Å². The van der Waals surface area contributed by atoms with E-state index in [1.807, 2.05) is 0 Å². The Morgan fingerprint density at radius 3 is 2.89 bits per heavy atom. The highest BCUT2D eigenvalue weighted by atomic mass is 19.1. The summed E-state index contributed by atoms with van der Waals surface area (Å²) in [6, 6.07) is 4.48. The predicted octanol–water partition coefficient (Wildman–Crippen LogP) is 1.17. The minimum atomic E-state index is -0.548. The van der Waals surface area contributed by atoms with E-state index in [4.69, 9.17) is 4.74 Å². The number of esters is 1.